The zero-order chi connectivity index (χ0) is 25.0. The van der Waals surface area contributed by atoms with E-state index in [4.69, 9.17) is 9.47 Å². The Morgan fingerprint density at radius 3 is 1.21 bits per heavy atom. The lowest BCUT2D eigenvalue weighted by Crippen LogP contribution is -2.05. The normalized spacial score (nSPS) is 11.2. The van der Waals surface area contributed by atoms with Crippen molar-refractivity contribution < 1.29 is 19.1 Å². The molecule has 0 aromatic heterocycles. The molecule has 0 aliphatic carbocycles. The lowest BCUT2D eigenvalue weighted by Gasteiger charge is -2.04. The van der Waals surface area contributed by atoms with E-state index < -0.39 is 0 Å². The highest BCUT2D eigenvalue weighted by atomic mass is 16.5. The summed E-state index contributed by atoms with van der Waals surface area (Å²) in [5, 5.41) is 0. The third-order valence-electron chi connectivity index (χ3n) is 6.19. The van der Waals surface area contributed by atoms with Crippen LogP contribution in [-0.2, 0) is 19.1 Å². The molecule has 0 saturated carbocycles. The zero-order valence-electron chi connectivity index (χ0n) is 22.8. The van der Waals surface area contributed by atoms with Gasteiger partial charge in [0.15, 0.2) is 0 Å². The van der Waals surface area contributed by atoms with Gasteiger partial charge in [-0.3, -0.25) is 9.59 Å². The van der Waals surface area contributed by atoms with Crippen LogP contribution in [0.2, 0.25) is 0 Å². The van der Waals surface area contributed by atoms with Gasteiger partial charge in [0.05, 0.1) is 13.2 Å². The summed E-state index contributed by atoms with van der Waals surface area (Å²) in [6.07, 6.45) is 29.2. The smallest absolute Gasteiger partial charge is 0.305 e. The minimum Gasteiger partial charge on any atom is -0.466 e. The molecule has 0 N–H and O–H groups in total. The molecule has 0 spiro atoms. The number of carbonyl (C=O) groups excluding carboxylic acids is 2. The molecule has 0 atom stereocenters. The van der Waals surface area contributed by atoms with Gasteiger partial charge in [0.25, 0.3) is 0 Å². The highest BCUT2D eigenvalue weighted by molar-refractivity contribution is 5.69. The third kappa shape index (κ3) is 26.9. The lowest BCUT2D eigenvalue weighted by molar-refractivity contribution is -0.144. The average molecular weight is 481 g/mol. The highest BCUT2D eigenvalue weighted by Gasteiger charge is 2.03. The van der Waals surface area contributed by atoms with Crippen LogP contribution in [0.3, 0.4) is 0 Å². The van der Waals surface area contributed by atoms with E-state index in [0.717, 1.165) is 64.2 Å². The summed E-state index contributed by atoms with van der Waals surface area (Å²) in [5.74, 6) is -0.0351. The van der Waals surface area contributed by atoms with E-state index in [0.29, 0.717) is 26.1 Å². The number of esters is 2. The van der Waals surface area contributed by atoms with Crippen LogP contribution in [0.4, 0.5) is 0 Å². The highest BCUT2D eigenvalue weighted by Crippen LogP contribution is 2.12. The third-order valence-corrected chi connectivity index (χ3v) is 6.19. The average Bonchev–Trinajstić information content (AvgIpc) is 2.83. The first-order valence-corrected chi connectivity index (χ1v) is 14.7. The van der Waals surface area contributed by atoms with Gasteiger partial charge in [-0.15, -0.1) is 0 Å². The molecule has 0 heterocycles. The van der Waals surface area contributed by atoms with Crippen LogP contribution >= 0.6 is 0 Å². The van der Waals surface area contributed by atoms with Crippen LogP contribution < -0.4 is 0 Å². The Balaban J connectivity index is 3.23. The number of unbranched alkanes of at least 4 members (excludes halogenated alkanes) is 16. The Kier molecular flexibility index (Phi) is 26.8. The van der Waals surface area contributed by atoms with E-state index in [9.17, 15) is 9.59 Å². The predicted octanol–water partition coefficient (Wildman–Crippen LogP) is 9.25. The first kappa shape index (κ1) is 32.7. The van der Waals surface area contributed by atoms with Crippen LogP contribution in [0, 0.1) is 0 Å². The Morgan fingerprint density at radius 1 is 0.471 bits per heavy atom. The quantitative estimate of drug-likeness (QED) is 0.0703. The van der Waals surface area contributed by atoms with E-state index >= 15 is 0 Å². The first-order valence-electron chi connectivity index (χ1n) is 14.7. The van der Waals surface area contributed by atoms with Gasteiger partial charge in [0.1, 0.15) is 0 Å². The number of hydrogen-bond donors (Lipinski definition) is 0. The maximum Gasteiger partial charge on any atom is 0.305 e. The number of hydrogen-bond acceptors (Lipinski definition) is 4. The van der Waals surface area contributed by atoms with Crippen LogP contribution in [0.1, 0.15) is 155 Å². The van der Waals surface area contributed by atoms with Crippen molar-refractivity contribution in [1.82, 2.24) is 0 Å². The monoisotopic (exact) mass is 480 g/mol. The van der Waals surface area contributed by atoms with Gasteiger partial charge in [-0.05, 0) is 51.4 Å². The Labute approximate surface area is 211 Å². The van der Waals surface area contributed by atoms with Crippen molar-refractivity contribution in [2.24, 2.45) is 0 Å². The maximum absolute atomic E-state index is 11.6. The van der Waals surface area contributed by atoms with Gasteiger partial charge < -0.3 is 9.47 Å². The standard InChI is InChI=1S/C30H56O4/c1-3-5-23-27-33-29(31)25-21-19-17-15-13-11-9-7-8-10-12-14-16-18-20-22-26-30(32)34-28-24-6-4-2/h7,9H,3-6,8,10-28H2,1-2H3/b9-7+. The topological polar surface area (TPSA) is 52.6 Å². The van der Waals surface area contributed by atoms with Crippen molar-refractivity contribution in [1.29, 1.82) is 0 Å². The molecule has 0 aromatic carbocycles. The molecule has 200 valence electrons. The summed E-state index contributed by atoms with van der Waals surface area (Å²) < 4.78 is 10.5. The molecule has 34 heavy (non-hydrogen) atoms. The minimum atomic E-state index is -0.0193. The predicted molar refractivity (Wildman–Crippen MR) is 144 cm³/mol. The van der Waals surface area contributed by atoms with Gasteiger partial charge >= 0.3 is 11.9 Å². The number of ether oxygens (including phenoxy) is 2. The van der Waals surface area contributed by atoms with Gasteiger partial charge in [-0.25, -0.2) is 0 Å². The fourth-order valence-electron chi connectivity index (χ4n) is 3.93. The van der Waals surface area contributed by atoms with E-state index in [1.807, 2.05) is 0 Å². The van der Waals surface area contributed by atoms with Crippen LogP contribution in [0.15, 0.2) is 12.2 Å². The molecule has 0 bridgehead atoms. The zero-order valence-corrected chi connectivity index (χ0v) is 22.8. The van der Waals surface area contributed by atoms with Crippen LogP contribution in [0.25, 0.3) is 0 Å². The second-order valence-electron chi connectivity index (χ2n) is 9.65. The van der Waals surface area contributed by atoms with Crippen LogP contribution in [-0.4, -0.2) is 25.2 Å². The van der Waals surface area contributed by atoms with Gasteiger partial charge in [-0.1, -0.05) is 103 Å². The van der Waals surface area contributed by atoms with Crippen molar-refractivity contribution >= 4 is 11.9 Å². The van der Waals surface area contributed by atoms with Gasteiger partial charge in [0.2, 0.25) is 0 Å². The van der Waals surface area contributed by atoms with Crippen molar-refractivity contribution in [3.05, 3.63) is 12.2 Å². The van der Waals surface area contributed by atoms with Crippen molar-refractivity contribution in [2.75, 3.05) is 13.2 Å². The fraction of sp³-hybridized carbons (Fsp3) is 0.867. The number of rotatable bonds is 26. The minimum absolute atomic E-state index is 0.0158. The summed E-state index contributed by atoms with van der Waals surface area (Å²) >= 11 is 0. The summed E-state index contributed by atoms with van der Waals surface area (Å²) in [5.41, 5.74) is 0. The van der Waals surface area contributed by atoms with Gasteiger partial charge in [0, 0.05) is 12.8 Å². The van der Waals surface area contributed by atoms with Gasteiger partial charge in [-0.2, -0.15) is 0 Å². The molecule has 0 fully saturated rings. The number of allylic oxidation sites excluding steroid dienone is 2. The van der Waals surface area contributed by atoms with Crippen molar-refractivity contribution in [3.63, 3.8) is 0 Å². The van der Waals surface area contributed by atoms with E-state index in [1.165, 1.54) is 64.2 Å². The second-order valence-corrected chi connectivity index (χ2v) is 9.65. The second kappa shape index (κ2) is 27.9. The molecular weight excluding hydrogens is 424 g/mol. The Bertz CT molecular complexity index is 472. The lowest BCUT2D eigenvalue weighted by atomic mass is 10.1. The van der Waals surface area contributed by atoms with Crippen molar-refractivity contribution in [2.45, 2.75) is 155 Å². The Hall–Kier alpha value is -1.32. The molecule has 0 aliphatic rings. The molecule has 0 aromatic rings. The summed E-state index contributed by atoms with van der Waals surface area (Å²) in [6.45, 7) is 5.50. The molecule has 0 aliphatic heterocycles. The summed E-state index contributed by atoms with van der Waals surface area (Å²) in [6, 6.07) is 0. The molecule has 4 heteroatoms. The maximum atomic E-state index is 11.6. The molecular formula is C30H56O4. The number of carbonyl (C=O) groups is 2. The van der Waals surface area contributed by atoms with Crippen molar-refractivity contribution in [3.8, 4) is 0 Å². The molecule has 0 saturated heterocycles. The fourth-order valence-corrected chi connectivity index (χ4v) is 3.93. The summed E-state index contributed by atoms with van der Waals surface area (Å²) in [7, 11) is 0. The SMILES string of the molecule is CCCCCOC(=O)CCCCCCC/C=C/CCCCCCCCCC(=O)OCCCCC. The van der Waals surface area contributed by atoms with E-state index in [2.05, 4.69) is 26.0 Å². The molecule has 4 nitrogen and oxygen atoms in total. The molecule has 0 radical (unpaired) electrons. The molecule has 0 amide bonds. The Morgan fingerprint density at radius 2 is 0.824 bits per heavy atom. The molecule has 0 unspecified atom stereocenters. The molecule has 0 rings (SSSR count). The first-order chi connectivity index (χ1) is 16.7. The van der Waals surface area contributed by atoms with E-state index in [1.54, 1.807) is 0 Å². The largest absolute Gasteiger partial charge is 0.466 e. The summed E-state index contributed by atoms with van der Waals surface area (Å²) in [4.78, 5) is 23.2. The van der Waals surface area contributed by atoms with E-state index in [-0.39, 0.29) is 11.9 Å². The van der Waals surface area contributed by atoms with Crippen LogP contribution in [0.5, 0.6) is 0 Å².